The van der Waals surface area contributed by atoms with Crippen molar-refractivity contribution in [2.45, 2.75) is 38.1 Å². The number of halogens is 1. The zero-order chi connectivity index (χ0) is 16.8. The summed E-state index contributed by atoms with van der Waals surface area (Å²) in [7, 11) is 0. The molecule has 1 saturated heterocycles. The second kappa shape index (κ2) is 8.84. The fraction of sp³-hybridized carbons (Fsp3) is 0.632. The summed E-state index contributed by atoms with van der Waals surface area (Å²) >= 11 is 6.42. The average molecular weight is 351 g/mol. The second-order valence-corrected chi connectivity index (χ2v) is 7.25. The first-order chi connectivity index (χ1) is 11.7. The maximum atomic E-state index is 12.3. The number of ether oxygens (including phenoxy) is 1. The Balaban J connectivity index is 1.63. The number of morpholine rings is 1. The van der Waals surface area contributed by atoms with Gasteiger partial charge in [-0.3, -0.25) is 9.69 Å². The molecule has 0 spiro atoms. The number of hydrogen-bond acceptors (Lipinski definition) is 3. The molecule has 1 amide bonds. The molecule has 0 bridgehead atoms. The molecule has 4 nitrogen and oxygen atoms in total. The van der Waals surface area contributed by atoms with Crippen molar-refractivity contribution in [2.75, 3.05) is 32.8 Å². The first-order valence-corrected chi connectivity index (χ1v) is 9.45. The van der Waals surface area contributed by atoms with Crippen LogP contribution in [0.25, 0.3) is 0 Å². The summed E-state index contributed by atoms with van der Waals surface area (Å²) in [5.41, 5.74) is 1.09. The molecule has 1 aliphatic carbocycles. The molecule has 1 saturated carbocycles. The normalized spacial score (nSPS) is 20.9. The van der Waals surface area contributed by atoms with Gasteiger partial charge >= 0.3 is 0 Å². The van der Waals surface area contributed by atoms with Crippen molar-refractivity contribution in [3.05, 3.63) is 34.9 Å². The number of nitrogens with zero attached hydrogens (tertiary/aromatic N) is 1. The third-order valence-corrected chi connectivity index (χ3v) is 5.54. The smallest absolute Gasteiger partial charge is 0.220 e. The van der Waals surface area contributed by atoms with Crippen LogP contribution in [0, 0.1) is 5.92 Å². The Bertz CT molecular complexity index is 540. The number of carbonyl (C=O) groups is 1. The molecule has 0 radical (unpaired) electrons. The number of amides is 1. The molecule has 2 aliphatic rings. The minimum Gasteiger partial charge on any atom is -0.379 e. The molecule has 1 aliphatic heterocycles. The number of rotatable bonds is 6. The highest BCUT2D eigenvalue weighted by atomic mass is 35.5. The monoisotopic (exact) mass is 350 g/mol. The zero-order valence-corrected chi connectivity index (χ0v) is 14.9. The lowest BCUT2D eigenvalue weighted by molar-refractivity contribution is -0.122. The van der Waals surface area contributed by atoms with Gasteiger partial charge < -0.3 is 10.1 Å². The van der Waals surface area contributed by atoms with E-state index >= 15 is 0 Å². The summed E-state index contributed by atoms with van der Waals surface area (Å²) in [6.07, 6.45) is 5.61. The molecule has 3 rings (SSSR count). The molecule has 132 valence electrons. The molecule has 1 N–H and O–H groups in total. The summed E-state index contributed by atoms with van der Waals surface area (Å²) in [6.45, 7) is 3.81. The van der Waals surface area contributed by atoms with Crippen LogP contribution in [0.2, 0.25) is 5.02 Å². The molecule has 1 aromatic carbocycles. The molecule has 24 heavy (non-hydrogen) atoms. The fourth-order valence-electron chi connectivity index (χ4n) is 3.83. The van der Waals surface area contributed by atoms with E-state index in [0.717, 1.165) is 36.9 Å². The standard InChI is InChI=1S/C19H27ClN2O2/c20-17-8-4-3-7-16(17)18(22-9-11-24-12-10-22)14-21-19(23)13-15-5-1-2-6-15/h3-4,7-8,15,18H,1-2,5-6,9-14H2,(H,21,23). The van der Waals surface area contributed by atoms with Crippen molar-refractivity contribution in [3.8, 4) is 0 Å². The lowest BCUT2D eigenvalue weighted by Crippen LogP contribution is -2.44. The first-order valence-electron chi connectivity index (χ1n) is 9.07. The summed E-state index contributed by atoms with van der Waals surface area (Å²) in [5, 5.41) is 3.92. The summed E-state index contributed by atoms with van der Waals surface area (Å²) < 4.78 is 5.47. The van der Waals surface area contributed by atoms with E-state index in [1.165, 1.54) is 25.7 Å². The molecule has 1 atom stereocenters. The van der Waals surface area contributed by atoms with Crippen LogP contribution in [0.4, 0.5) is 0 Å². The van der Waals surface area contributed by atoms with Gasteiger partial charge in [0.15, 0.2) is 0 Å². The molecule has 5 heteroatoms. The zero-order valence-electron chi connectivity index (χ0n) is 14.2. The Morgan fingerprint density at radius 1 is 1.25 bits per heavy atom. The Hall–Kier alpha value is -1.10. The van der Waals surface area contributed by atoms with Crippen molar-refractivity contribution in [1.29, 1.82) is 0 Å². The Morgan fingerprint density at radius 2 is 1.96 bits per heavy atom. The van der Waals surface area contributed by atoms with Gasteiger partial charge in [0.2, 0.25) is 5.91 Å². The van der Waals surface area contributed by atoms with E-state index in [9.17, 15) is 4.79 Å². The minimum absolute atomic E-state index is 0.107. The van der Waals surface area contributed by atoms with E-state index in [1.807, 2.05) is 18.2 Å². The highest BCUT2D eigenvalue weighted by Crippen LogP contribution is 2.29. The maximum absolute atomic E-state index is 12.3. The highest BCUT2D eigenvalue weighted by molar-refractivity contribution is 6.31. The van der Waals surface area contributed by atoms with Crippen LogP contribution < -0.4 is 5.32 Å². The van der Waals surface area contributed by atoms with Crippen LogP contribution in [0.15, 0.2) is 24.3 Å². The van der Waals surface area contributed by atoms with Crippen LogP contribution >= 0.6 is 11.6 Å². The molecule has 0 aromatic heterocycles. The van der Waals surface area contributed by atoms with Crippen molar-refractivity contribution in [1.82, 2.24) is 10.2 Å². The van der Waals surface area contributed by atoms with Crippen LogP contribution in [-0.2, 0) is 9.53 Å². The topological polar surface area (TPSA) is 41.6 Å². The summed E-state index contributed by atoms with van der Waals surface area (Å²) in [6, 6.07) is 8.04. The quantitative estimate of drug-likeness (QED) is 0.854. The van der Waals surface area contributed by atoms with Crippen LogP contribution in [-0.4, -0.2) is 43.7 Å². The van der Waals surface area contributed by atoms with Gasteiger partial charge in [-0.1, -0.05) is 42.6 Å². The van der Waals surface area contributed by atoms with Gasteiger partial charge in [-0.2, -0.15) is 0 Å². The van der Waals surface area contributed by atoms with Crippen molar-refractivity contribution >= 4 is 17.5 Å². The van der Waals surface area contributed by atoms with Crippen molar-refractivity contribution in [3.63, 3.8) is 0 Å². The third kappa shape index (κ3) is 4.71. The second-order valence-electron chi connectivity index (χ2n) is 6.84. The Kier molecular flexibility index (Phi) is 6.52. The van der Waals surface area contributed by atoms with Crippen molar-refractivity contribution < 1.29 is 9.53 Å². The number of hydrogen-bond donors (Lipinski definition) is 1. The van der Waals surface area contributed by atoms with E-state index < -0.39 is 0 Å². The van der Waals surface area contributed by atoms with Gasteiger partial charge in [0.05, 0.1) is 19.3 Å². The molecular formula is C19H27ClN2O2. The number of nitrogens with one attached hydrogen (secondary N) is 1. The van der Waals surface area contributed by atoms with E-state index in [0.29, 0.717) is 18.9 Å². The van der Waals surface area contributed by atoms with Gasteiger partial charge in [0, 0.05) is 31.1 Å². The predicted molar refractivity (Wildman–Crippen MR) is 96.2 cm³/mol. The summed E-state index contributed by atoms with van der Waals surface area (Å²) in [4.78, 5) is 14.7. The summed E-state index contributed by atoms with van der Waals surface area (Å²) in [5.74, 6) is 0.749. The highest BCUT2D eigenvalue weighted by Gasteiger charge is 2.25. The number of carbonyl (C=O) groups excluding carboxylic acids is 1. The van der Waals surface area contributed by atoms with E-state index in [2.05, 4.69) is 16.3 Å². The Morgan fingerprint density at radius 3 is 2.67 bits per heavy atom. The Labute approximate surface area is 149 Å². The fourth-order valence-corrected chi connectivity index (χ4v) is 4.09. The van der Waals surface area contributed by atoms with Gasteiger partial charge in [0.1, 0.15) is 0 Å². The predicted octanol–water partition coefficient (Wildman–Crippen LogP) is 3.41. The largest absolute Gasteiger partial charge is 0.379 e. The van der Waals surface area contributed by atoms with Gasteiger partial charge in [0.25, 0.3) is 0 Å². The van der Waals surface area contributed by atoms with Crippen LogP contribution in [0.5, 0.6) is 0 Å². The minimum atomic E-state index is 0.107. The lowest BCUT2D eigenvalue weighted by atomic mass is 10.0. The first kappa shape index (κ1) is 17.7. The van der Waals surface area contributed by atoms with Gasteiger partial charge in [-0.25, -0.2) is 0 Å². The third-order valence-electron chi connectivity index (χ3n) is 5.19. The van der Waals surface area contributed by atoms with Gasteiger partial charge in [-0.05, 0) is 30.4 Å². The molecular weight excluding hydrogens is 324 g/mol. The van der Waals surface area contributed by atoms with Crippen LogP contribution in [0.3, 0.4) is 0 Å². The maximum Gasteiger partial charge on any atom is 0.220 e. The van der Waals surface area contributed by atoms with E-state index in [-0.39, 0.29) is 11.9 Å². The molecule has 1 unspecified atom stereocenters. The van der Waals surface area contributed by atoms with Crippen molar-refractivity contribution in [2.24, 2.45) is 5.92 Å². The van der Waals surface area contributed by atoms with Crippen LogP contribution in [0.1, 0.15) is 43.7 Å². The molecule has 2 fully saturated rings. The van der Waals surface area contributed by atoms with Gasteiger partial charge in [-0.15, -0.1) is 0 Å². The average Bonchev–Trinajstić information content (AvgIpc) is 3.10. The SMILES string of the molecule is O=C(CC1CCCC1)NCC(c1ccccc1Cl)N1CCOCC1. The van der Waals surface area contributed by atoms with E-state index in [4.69, 9.17) is 16.3 Å². The number of benzene rings is 1. The molecule has 1 aromatic rings. The van der Waals surface area contributed by atoms with E-state index in [1.54, 1.807) is 0 Å². The molecule has 1 heterocycles. The lowest BCUT2D eigenvalue weighted by Gasteiger charge is -2.35.